The van der Waals surface area contributed by atoms with Crippen molar-refractivity contribution in [3.8, 4) is 11.5 Å². The maximum atomic E-state index is 12.4. The third-order valence-corrected chi connectivity index (χ3v) is 6.25. The molecule has 7 nitrogen and oxygen atoms in total. The predicted octanol–water partition coefficient (Wildman–Crippen LogP) is 4.34. The van der Waals surface area contributed by atoms with E-state index < -0.39 is 0 Å². The van der Waals surface area contributed by atoms with Crippen LogP contribution >= 0.6 is 11.8 Å². The van der Waals surface area contributed by atoms with Crippen LogP contribution in [0.25, 0.3) is 0 Å². The molecule has 1 heterocycles. The van der Waals surface area contributed by atoms with Crippen molar-refractivity contribution in [2.45, 2.75) is 43.6 Å². The van der Waals surface area contributed by atoms with E-state index in [0.29, 0.717) is 37.1 Å². The lowest BCUT2D eigenvalue weighted by atomic mass is 10.2. The summed E-state index contributed by atoms with van der Waals surface area (Å²) in [4.78, 5) is 12.4. The summed E-state index contributed by atoms with van der Waals surface area (Å²) in [6, 6.07) is 15.7. The minimum absolute atomic E-state index is 0.0653. The zero-order valence-electron chi connectivity index (χ0n) is 18.7. The van der Waals surface area contributed by atoms with E-state index >= 15 is 0 Å². The van der Waals surface area contributed by atoms with E-state index in [1.165, 1.54) is 11.8 Å². The van der Waals surface area contributed by atoms with Crippen molar-refractivity contribution < 1.29 is 14.3 Å². The highest BCUT2D eigenvalue weighted by atomic mass is 32.2. The average Bonchev–Trinajstić information content (AvgIpc) is 3.62. The highest BCUT2D eigenvalue weighted by Gasteiger charge is 2.30. The molecule has 1 aromatic heterocycles. The minimum Gasteiger partial charge on any atom is -0.493 e. The predicted molar refractivity (Wildman–Crippen MR) is 129 cm³/mol. The molecule has 1 N–H and O–H groups in total. The molecule has 0 unspecified atom stereocenters. The van der Waals surface area contributed by atoms with Crippen LogP contribution in [0.4, 0.5) is 0 Å². The summed E-state index contributed by atoms with van der Waals surface area (Å²) < 4.78 is 13.4. The molecular weight excluding hydrogens is 436 g/mol. The van der Waals surface area contributed by atoms with Gasteiger partial charge in [-0.15, -0.1) is 16.8 Å². The van der Waals surface area contributed by atoms with Gasteiger partial charge in [-0.25, -0.2) is 0 Å². The average molecular weight is 465 g/mol. The van der Waals surface area contributed by atoms with Crippen molar-refractivity contribution in [1.29, 1.82) is 0 Å². The number of carbonyl (C=O) groups is 1. The Morgan fingerprint density at radius 1 is 1.18 bits per heavy atom. The van der Waals surface area contributed by atoms with E-state index in [-0.39, 0.29) is 11.7 Å². The maximum Gasteiger partial charge on any atom is 0.230 e. The number of nitrogens with one attached hydrogen (secondary N) is 1. The number of carbonyl (C=O) groups excluding carboxylic acids is 1. The Balaban J connectivity index is 1.29. The van der Waals surface area contributed by atoms with Crippen molar-refractivity contribution >= 4 is 17.7 Å². The quantitative estimate of drug-likeness (QED) is 0.317. The summed E-state index contributed by atoms with van der Waals surface area (Å²) in [6.07, 6.45) is 4.14. The Labute approximate surface area is 198 Å². The largest absolute Gasteiger partial charge is 0.493 e. The first-order valence-electron chi connectivity index (χ1n) is 10.9. The van der Waals surface area contributed by atoms with E-state index in [1.807, 2.05) is 54.6 Å². The number of methoxy groups -OCH3 is 1. The fourth-order valence-electron chi connectivity index (χ4n) is 3.41. The smallest absolute Gasteiger partial charge is 0.230 e. The molecular formula is C25H28N4O3S. The zero-order chi connectivity index (χ0) is 23.0. The van der Waals surface area contributed by atoms with Gasteiger partial charge in [-0.1, -0.05) is 54.2 Å². The van der Waals surface area contributed by atoms with Gasteiger partial charge in [-0.2, -0.15) is 0 Å². The molecule has 0 aliphatic heterocycles. The summed E-state index contributed by atoms with van der Waals surface area (Å²) in [6.45, 7) is 5.34. The van der Waals surface area contributed by atoms with Crippen LogP contribution in [0.5, 0.6) is 11.5 Å². The third kappa shape index (κ3) is 6.16. The first-order valence-corrected chi connectivity index (χ1v) is 11.9. The van der Waals surface area contributed by atoms with Gasteiger partial charge in [-0.05, 0) is 36.1 Å². The topological polar surface area (TPSA) is 78.3 Å². The van der Waals surface area contributed by atoms with Gasteiger partial charge in [0, 0.05) is 19.0 Å². The van der Waals surface area contributed by atoms with Gasteiger partial charge in [0.15, 0.2) is 16.7 Å². The highest BCUT2D eigenvalue weighted by molar-refractivity contribution is 7.99. The summed E-state index contributed by atoms with van der Waals surface area (Å²) in [7, 11) is 1.61. The summed E-state index contributed by atoms with van der Waals surface area (Å²) in [5.41, 5.74) is 2.02. The summed E-state index contributed by atoms with van der Waals surface area (Å²) >= 11 is 1.40. The number of thioether (sulfide) groups is 1. The zero-order valence-corrected chi connectivity index (χ0v) is 19.5. The number of benzene rings is 2. The molecule has 1 fully saturated rings. The van der Waals surface area contributed by atoms with E-state index in [9.17, 15) is 4.79 Å². The van der Waals surface area contributed by atoms with E-state index in [2.05, 4.69) is 26.7 Å². The Hall–Kier alpha value is -3.26. The van der Waals surface area contributed by atoms with Crippen LogP contribution in [0, 0.1) is 0 Å². The summed E-state index contributed by atoms with van der Waals surface area (Å²) in [5.74, 6) is 3.01. The van der Waals surface area contributed by atoms with E-state index in [4.69, 9.17) is 9.47 Å². The minimum atomic E-state index is -0.0653. The van der Waals surface area contributed by atoms with E-state index in [0.717, 1.165) is 34.9 Å². The van der Waals surface area contributed by atoms with Crippen molar-refractivity contribution in [3.05, 3.63) is 78.1 Å². The molecule has 0 atom stereocenters. The number of hydrogen-bond acceptors (Lipinski definition) is 6. The third-order valence-electron chi connectivity index (χ3n) is 5.29. The lowest BCUT2D eigenvalue weighted by molar-refractivity contribution is -0.118. The van der Waals surface area contributed by atoms with E-state index in [1.54, 1.807) is 7.11 Å². The second-order valence-corrected chi connectivity index (χ2v) is 8.78. The lowest BCUT2D eigenvalue weighted by Gasteiger charge is -2.13. The Kier molecular flexibility index (Phi) is 7.67. The molecule has 1 amide bonds. The molecule has 0 saturated heterocycles. The Morgan fingerprint density at radius 3 is 2.73 bits per heavy atom. The fraction of sp³-hybridized carbons (Fsp3) is 0.320. The lowest BCUT2D eigenvalue weighted by Crippen LogP contribution is -2.24. The highest BCUT2D eigenvalue weighted by Crippen LogP contribution is 2.40. The first-order chi connectivity index (χ1) is 16.2. The van der Waals surface area contributed by atoms with Crippen molar-refractivity contribution in [2.24, 2.45) is 0 Å². The van der Waals surface area contributed by atoms with Crippen LogP contribution in [0.15, 0.2) is 66.3 Å². The second-order valence-electron chi connectivity index (χ2n) is 7.84. The van der Waals surface area contributed by atoms with Crippen LogP contribution in [0.1, 0.15) is 35.7 Å². The van der Waals surface area contributed by atoms with Crippen molar-refractivity contribution in [3.63, 3.8) is 0 Å². The monoisotopic (exact) mass is 464 g/mol. The van der Waals surface area contributed by atoms with Crippen LogP contribution < -0.4 is 14.8 Å². The molecule has 1 aliphatic carbocycles. The maximum absolute atomic E-state index is 12.4. The van der Waals surface area contributed by atoms with Gasteiger partial charge in [0.25, 0.3) is 0 Å². The number of allylic oxidation sites excluding steroid dienone is 1. The van der Waals surface area contributed by atoms with Crippen molar-refractivity contribution in [1.82, 2.24) is 20.1 Å². The van der Waals surface area contributed by atoms with Gasteiger partial charge < -0.3 is 19.4 Å². The molecule has 0 bridgehead atoms. The molecule has 172 valence electrons. The molecule has 4 rings (SSSR count). The molecule has 0 spiro atoms. The molecule has 1 aliphatic rings. The summed E-state index contributed by atoms with van der Waals surface area (Å²) in [5, 5.41) is 12.3. The standard InChI is InChI=1S/C25H28N4O3S/c1-3-13-29-24(20-10-11-20)27-28-25(29)33-17-23(30)26-15-19-9-12-21(22(14-19)31-2)32-16-18-7-5-4-6-8-18/h3-9,12,14,20H,1,10-11,13,15-17H2,2H3,(H,26,30). The van der Waals surface area contributed by atoms with Crippen LogP contribution in [0.3, 0.4) is 0 Å². The number of hydrogen-bond donors (Lipinski definition) is 1. The van der Waals surface area contributed by atoms with Crippen molar-refractivity contribution in [2.75, 3.05) is 12.9 Å². The number of rotatable bonds is 12. The normalized spacial score (nSPS) is 12.9. The van der Waals surface area contributed by atoms with Crippen LogP contribution in [-0.2, 0) is 24.5 Å². The van der Waals surface area contributed by atoms with Crippen LogP contribution in [0.2, 0.25) is 0 Å². The van der Waals surface area contributed by atoms with Crippen LogP contribution in [-0.4, -0.2) is 33.5 Å². The van der Waals surface area contributed by atoms with Gasteiger partial charge in [0.05, 0.1) is 12.9 Å². The molecule has 1 saturated carbocycles. The first kappa shape index (κ1) is 22.9. The van der Waals surface area contributed by atoms with Gasteiger partial charge in [-0.3, -0.25) is 4.79 Å². The second kappa shape index (κ2) is 11.0. The number of ether oxygens (including phenoxy) is 2. The molecule has 3 aromatic rings. The van der Waals surface area contributed by atoms with Gasteiger partial charge >= 0.3 is 0 Å². The fourth-order valence-corrected chi connectivity index (χ4v) is 4.19. The Morgan fingerprint density at radius 2 is 2.00 bits per heavy atom. The number of aromatic nitrogens is 3. The molecule has 0 radical (unpaired) electrons. The Bertz CT molecular complexity index is 1100. The number of amides is 1. The SMILES string of the molecule is C=CCn1c(SCC(=O)NCc2ccc(OCc3ccccc3)c(OC)c2)nnc1C1CC1. The van der Waals surface area contributed by atoms with Gasteiger partial charge in [0.2, 0.25) is 5.91 Å². The number of nitrogens with zero attached hydrogens (tertiary/aromatic N) is 3. The molecule has 33 heavy (non-hydrogen) atoms. The molecule has 2 aromatic carbocycles. The molecule has 8 heteroatoms. The van der Waals surface area contributed by atoms with Gasteiger partial charge in [0.1, 0.15) is 12.4 Å².